The number of amides is 1. The standard InChI is InChI=1S/C14H20N2O3/c1-10(9-13(17)18)16(4)14(19)11-5-7-12(8-6-11)15(2)3/h5-8,10H,9H2,1-4H3,(H,17,18). The largest absolute Gasteiger partial charge is 0.481 e. The molecule has 1 unspecified atom stereocenters. The van der Waals surface area contributed by atoms with Gasteiger partial charge >= 0.3 is 5.97 Å². The summed E-state index contributed by atoms with van der Waals surface area (Å²) < 4.78 is 0. The summed E-state index contributed by atoms with van der Waals surface area (Å²) >= 11 is 0. The highest BCUT2D eigenvalue weighted by Gasteiger charge is 2.19. The van der Waals surface area contributed by atoms with E-state index in [4.69, 9.17) is 5.11 Å². The summed E-state index contributed by atoms with van der Waals surface area (Å²) in [6, 6.07) is 6.90. The Hall–Kier alpha value is -2.04. The smallest absolute Gasteiger partial charge is 0.305 e. The molecule has 19 heavy (non-hydrogen) atoms. The van der Waals surface area contributed by atoms with Crippen molar-refractivity contribution in [3.8, 4) is 0 Å². The first-order valence-electron chi connectivity index (χ1n) is 6.09. The Balaban J connectivity index is 2.79. The fourth-order valence-corrected chi connectivity index (χ4v) is 1.70. The summed E-state index contributed by atoms with van der Waals surface area (Å²) in [5, 5.41) is 8.74. The Morgan fingerprint density at radius 1 is 1.16 bits per heavy atom. The van der Waals surface area contributed by atoms with Gasteiger partial charge in [-0.25, -0.2) is 0 Å². The lowest BCUT2D eigenvalue weighted by Gasteiger charge is -2.24. The van der Waals surface area contributed by atoms with E-state index >= 15 is 0 Å². The number of hydrogen-bond acceptors (Lipinski definition) is 3. The van der Waals surface area contributed by atoms with Crippen LogP contribution in [0.2, 0.25) is 0 Å². The first kappa shape index (κ1) is 15.0. The summed E-state index contributed by atoms with van der Waals surface area (Å²) in [5.74, 6) is -1.07. The highest BCUT2D eigenvalue weighted by Crippen LogP contribution is 2.14. The molecule has 0 radical (unpaired) electrons. The van der Waals surface area contributed by atoms with Gasteiger partial charge in [0.15, 0.2) is 0 Å². The summed E-state index contributed by atoms with van der Waals surface area (Å²) in [4.78, 5) is 26.2. The molecular formula is C14H20N2O3. The van der Waals surface area contributed by atoms with Gasteiger partial charge in [0.1, 0.15) is 0 Å². The zero-order chi connectivity index (χ0) is 14.6. The van der Waals surface area contributed by atoms with Crippen molar-refractivity contribution in [2.45, 2.75) is 19.4 Å². The molecule has 104 valence electrons. The van der Waals surface area contributed by atoms with Crippen molar-refractivity contribution >= 4 is 17.6 Å². The monoisotopic (exact) mass is 264 g/mol. The molecule has 1 atom stereocenters. The van der Waals surface area contributed by atoms with E-state index in [2.05, 4.69) is 0 Å². The van der Waals surface area contributed by atoms with E-state index in [-0.39, 0.29) is 18.4 Å². The van der Waals surface area contributed by atoms with Crippen molar-refractivity contribution in [1.82, 2.24) is 4.90 Å². The molecule has 1 N–H and O–H groups in total. The molecule has 0 aliphatic heterocycles. The maximum atomic E-state index is 12.2. The minimum Gasteiger partial charge on any atom is -0.481 e. The summed E-state index contributed by atoms with van der Waals surface area (Å²) in [7, 11) is 5.48. The normalized spacial score (nSPS) is 11.8. The molecule has 0 aromatic heterocycles. The number of rotatable bonds is 5. The van der Waals surface area contributed by atoms with Crippen LogP contribution in [0.4, 0.5) is 5.69 Å². The van der Waals surface area contributed by atoms with Gasteiger partial charge in [-0.3, -0.25) is 9.59 Å². The van der Waals surface area contributed by atoms with Crippen molar-refractivity contribution in [3.63, 3.8) is 0 Å². The maximum Gasteiger partial charge on any atom is 0.305 e. The number of aliphatic carboxylic acids is 1. The molecule has 0 saturated heterocycles. The summed E-state index contributed by atoms with van der Waals surface area (Å²) in [5.41, 5.74) is 1.57. The third kappa shape index (κ3) is 3.98. The Bertz CT molecular complexity index is 454. The van der Waals surface area contributed by atoms with Crippen LogP contribution in [0.15, 0.2) is 24.3 Å². The lowest BCUT2D eigenvalue weighted by atomic mass is 10.1. The van der Waals surface area contributed by atoms with Crippen molar-refractivity contribution in [2.75, 3.05) is 26.0 Å². The lowest BCUT2D eigenvalue weighted by molar-refractivity contribution is -0.137. The zero-order valence-electron chi connectivity index (χ0n) is 11.8. The molecule has 0 heterocycles. The molecule has 1 rings (SSSR count). The topological polar surface area (TPSA) is 60.9 Å². The summed E-state index contributed by atoms with van der Waals surface area (Å²) in [6.07, 6.45) is -0.0575. The lowest BCUT2D eigenvalue weighted by Crippen LogP contribution is -2.36. The molecule has 0 aliphatic rings. The summed E-state index contributed by atoms with van der Waals surface area (Å²) in [6.45, 7) is 1.72. The van der Waals surface area contributed by atoms with E-state index in [0.29, 0.717) is 5.56 Å². The maximum absolute atomic E-state index is 12.2. The van der Waals surface area contributed by atoms with Gasteiger partial charge in [-0.1, -0.05) is 0 Å². The SMILES string of the molecule is CC(CC(=O)O)N(C)C(=O)c1ccc(N(C)C)cc1. The van der Waals surface area contributed by atoms with Crippen LogP contribution in [0.5, 0.6) is 0 Å². The minimum absolute atomic E-state index is 0.0575. The molecule has 0 aliphatic carbocycles. The van der Waals surface area contributed by atoms with Crippen LogP contribution in [-0.4, -0.2) is 49.1 Å². The van der Waals surface area contributed by atoms with Crippen LogP contribution in [0.1, 0.15) is 23.7 Å². The van der Waals surface area contributed by atoms with Crippen LogP contribution in [0.25, 0.3) is 0 Å². The molecule has 0 spiro atoms. The van der Waals surface area contributed by atoms with E-state index < -0.39 is 5.97 Å². The molecule has 0 bridgehead atoms. The van der Waals surface area contributed by atoms with Crippen molar-refractivity contribution in [1.29, 1.82) is 0 Å². The number of carboxylic acids is 1. The van der Waals surface area contributed by atoms with Crippen LogP contribution >= 0.6 is 0 Å². The Labute approximate surface area is 113 Å². The fraction of sp³-hybridized carbons (Fsp3) is 0.429. The van der Waals surface area contributed by atoms with Gasteiger partial charge in [0.2, 0.25) is 0 Å². The molecule has 1 amide bonds. The van der Waals surface area contributed by atoms with Crippen LogP contribution in [0.3, 0.4) is 0 Å². The first-order chi connectivity index (χ1) is 8.82. The molecule has 5 heteroatoms. The number of benzene rings is 1. The average molecular weight is 264 g/mol. The van der Waals surface area contributed by atoms with Gasteiger partial charge in [0, 0.05) is 38.4 Å². The number of carbonyl (C=O) groups excluding carboxylic acids is 1. The predicted octanol–water partition coefficient (Wildman–Crippen LogP) is 1.69. The van der Waals surface area contributed by atoms with E-state index in [9.17, 15) is 9.59 Å². The van der Waals surface area contributed by atoms with Crippen LogP contribution in [-0.2, 0) is 4.79 Å². The fourth-order valence-electron chi connectivity index (χ4n) is 1.70. The van der Waals surface area contributed by atoms with Crippen molar-refractivity contribution in [3.05, 3.63) is 29.8 Å². The van der Waals surface area contributed by atoms with Crippen molar-refractivity contribution < 1.29 is 14.7 Å². The highest BCUT2D eigenvalue weighted by atomic mass is 16.4. The van der Waals surface area contributed by atoms with E-state index in [1.54, 1.807) is 26.1 Å². The number of anilines is 1. The Morgan fingerprint density at radius 2 is 1.68 bits per heavy atom. The molecule has 1 aromatic rings. The van der Waals surface area contributed by atoms with Gasteiger partial charge in [-0.2, -0.15) is 0 Å². The second kappa shape index (κ2) is 6.22. The number of carbonyl (C=O) groups is 2. The molecule has 0 fully saturated rings. The van der Waals surface area contributed by atoms with Crippen LogP contribution in [0, 0.1) is 0 Å². The quantitative estimate of drug-likeness (QED) is 0.879. The molecular weight excluding hydrogens is 244 g/mol. The highest BCUT2D eigenvalue weighted by molar-refractivity contribution is 5.94. The average Bonchev–Trinajstić information content (AvgIpc) is 2.36. The predicted molar refractivity (Wildman–Crippen MR) is 74.6 cm³/mol. The van der Waals surface area contributed by atoms with Gasteiger partial charge in [-0.05, 0) is 31.2 Å². The van der Waals surface area contributed by atoms with E-state index in [1.807, 2.05) is 31.1 Å². The second-order valence-corrected chi connectivity index (χ2v) is 4.80. The number of nitrogens with zero attached hydrogens (tertiary/aromatic N) is 2. The third-order valence-corrected chi connectivity index (χ3v) is 3.08. The van der Waals surface area contributed by atoms with Gasteiger partial charge in [0.25, 0.3) is 5.91 Å². The zero-order valence-corrected chi connectivity index (χ0v) is 11.8. The minimum atomic E-state index is -0.907. The Kier molecular flexibility index (Phi) is 4.92. The van der Waals surface area contributed by atoms with Gasteiger partial charge in [-0.15, -0.1) is 0 Å². The second-order valence-electron chi connectivity index (χ2n) is 4.80. The van der Waals surface area contributed by atoms with E-state index in [1.165, 1.54) is 4.90 Å². The van der Waals surface area contributed by atoms with Crippen molar-refractivity contribution in [2.24, 2.45) is 0 Å². The number of carboxylic acid groups (broad SMARTS) is 1. The molecule has 1 aromatic carbocycles. The van der Waals surface area contributed by atoms with Gasteiger partial charge < -0.3 is 14.9 Å². The van der Waals surface area contributed by atoms with Crippen LogP contribution < -0.4 is 4.90 Å². The first-order valence-corrected chi connectivity index (χ1v) is 6.09. The Morgan fingerprint density at radius 3 is 2.11 bits per heavy atom. The van der Waals surface area contributed by atoms with Gasteiger partial charge in [0.05, 0.1) is 6.42 Å². The van der Waals surface area contributed by atoms with E-state index in [0.717, 1.165) is 5.69 Å². The molecule has 0 saturated carbocycles. The molecule has 5 nitrogen and oxygen atoms in total. The number of hydrogen-bond donors (Lipinski definition) is 1. The third-order valence-electron chi connectivity index (χ3n) is 3.08.